The third-order valence-electron chi connectivity index (χ3n) is 4.52. The molecule has 124 valence electrons. The van der Waals surface area contributed by atoms with E-state index in [9.17, 15) is 9.90 Å². The van der Waals surface area contributed by atoms with Gasteiger partial charge in [-0.25, -0.2) is 9.97 Å². The molecule has 2 aromatic rings. The third kappa shape index (κ3) is 2.92. The molecule has 1 aliphatic heterocycles. The van der Waals surface area contributed by atoms with Crippen LogP contribution in [0.1, 0.15) is 17.3 Å². The number of fused-ring (bicyclic) bond motifs is 1. The minimum Gasteiger partial charge on any atom is -0.394 e. The standard InChI is InChI=1S/C15H21N5O3/c1-11-7-23-10-15(9-21,19(11)2)8-18-13(22)12-5-17-14-16-3-4-20(14)6-12/h3-6,11,21H,7-10H2,1-2H3,(H,18,22)/t11-,15+/m1/s1. The Labute approximate surface area is 134 Å². The third-order valence-corrected chi connectivity index (χ3v) is 4.52. The summed E-state index contributed by atoms with van der Waals surface area (Å²) >= 11 is 0. The zero-order valence-corrected chi connectivity index (χ0v) is 13.3. The number of rotatable bonds is 4. The number of aliphatic hydroxyl groups excluding tert-OH is 1. The summed E-state index contributed by atoms with van der Waals surface area (Å²) in [5, 5.41) is 12.7. The number of morpholine rings is 1. The van der Waals surface area contributed by atoms with E-state index in [-0.39, 0.29) is 18.6 Å². The van der Waals surface area contributed by atoms with E-state index in [4.69, 9.17) is 4.74 Å². The lowest BCUT2D eigenvalue weighted by atomic mass is 9.96. The Morgan fingerprint density at radius 3 is 3.17 bits per heavy atom. The van der Waals surface area contributed by atoms with Crippen LogP contribution in [0.3, 0.4) is 0 Å². The number of likely N-dealkylation sites (N-methyl/N-ethyl adjacent to an activating group) is 1. The summed E-state index contributed by atoms with van der Waals surface area (Å²) in [6.45, 7) is 3.23. The van der Waals surface area contributed by atoms with E-state index in [1.807, 2.05) is 14.0 Å². The minimum absolute atomic E-state index is 0.0904. The van der Waals surface area contributed by atoms with Gasteiger partial charge in [-0.05, 0) is 14.0 Å². The lowest BCUT2D eigenvalue weighted by Gasteiger charge is -2.47. The zero-order valence-electron chi connectivity index (χ0n) is 13.3. The van der Waals surface area contributed by atoms with Crippen LogP contribution in [-0.2, 0) is 4.74 Å². The second kappa shape index (κ2) is 6.23. The second-order valence-corrected chi connectivity index (χ2v) is 6.02. The molecule has 23 heavy (non-hydrogen) atoms. The Bertz CT molecular complexity index is 703. The van der Waals surface area contributed by atoms with Crippen LogP contribution in [0.5, 0.6) is 0 Å². The van der Waals surface area contributed by atoms with Crippen LogP contribution in [0.25, 0.3) is 5.78 Å². The van der Waals surface area contributed by atoms with Crippen molar-refractivity contribution in [2.24, 2.45) is 0 Å². The number of nitrogens with zero attached hydrogens (tertiary/aromatic N) is 4. The molecule has 3 heterocycles. The van der Waals surface area contributed by atoms with Gasteiger partial charge in [0.1, 0.15) is 0 Å². The number of carbonyl (C=O) groups excluding carboxylic acids is 1. The molecular formula is C15H21N5O3. The summed E-state index contributed by atoms with van der Waals surface area (Å²) in [5.41, 5.74) is -0.170. The second-order valence-electron chi connectivity index (χ2n) is 6.02. The largest absolute Gasteiger partial charge is 0.394 e. The summed E-state index contributed by atoms with van der Waals surface area (Å²) in [6, 6.07) is 0.178. The summed E-state index contributed by atoms with van der Waals surface area (Å²) in [5.74, 6) is 0.301. The Morgan fingerprint density at radius 2 is 2.39 bits per heavy atom. The molecule has 0 aliphatic carbocycles. The molecule has 3 rings (SSSR count). The Balaban J connectivity index is 1.71. The van der Waals surface area contributed by atoms with E-state index in [0.717, 1.165) is 0 Å². The average molecular weight is 319 g/mol. The summed E-state index contributed by atoms with van der Waals surface area (Å²) in [7, 11) is 1.94. The van der Waals surface area contributed by atoms with Gasteiger partial charge in [0.25, 0.3) is 5.91 Å². The van der Waals surface area contributed by atoms with Crippen molar-refractivity contribution in [2.75, 3.05) is 33.4 Å². The molecule has 2 atom stereocenters. The highest BCUT2D eigenvalue weighted by atomic mass is 16.5. The Morgan fingerprint density at radius 1 is 1.57 bits per heavy atom. The highest BCUT2D eigenvalue weighted by Crippen LogP contribution is 2.21. The number of aliphatic hydroxyl groups is 1. The smallest absolute Gasteiger partial charge is 0.254 e. The summed E-state index contributed by atoms with van der Waals surface area (Å²) < 4.78 is 7.26. The van der Waals surface area contributed by atoms with E-state index in [0.29, 0.717) is 31.1 Å². The van der Waals surface area contributed by atoms with Crippen LogP contribution in [0.15, 0.2) is 24.8 Å². The quantitative estimate of drug-likeness (QED) is 0.792. The van der Waals surface area contributed by atoms with E-state index >= 15 is 0 Å². The van der Waals surface area contributed by atoms with Gasteiger partial charge in [0.2, 0.25) is 5.78 Å². The molecule has 1 fully saturated rings. The van der Waals surface area contributed by atoms with Crippen molar-refractivity contribution in [1.29, 1.82) is 0 Å². The topological polar surface area (TPSA) is 92.0 Å². The highest BCUT2D eigenvalue weighted by Gasteiger charge is 2.40. The predicted molar refractivity (Wildman–Crippen MR) is 83.2 cm³/mol. The van der Waals surface area contributed by atoms with Gasteiger partial charge in [0, 0.05) is 37.4 Å². The molecule has 2 aromatic heterocycles. The number of hydrogen-bond donors (Lipinski definition) is 2. The molecule has 0 aromatic carbocycles. The van der Waals surface area contributed by atoms with Crippen LogP contribution in [0.4, 0.5) is 0 Å². The summed E-state index contributed by atoms with van der Waals surface area (Å²) in [4.78, 5) is 22.6. The predicted octanol–water partition coefficient (Wildman–Crippen LogP) is -0.459. The van der Waals surface area contributed by atoms with Crippen molar-refractivity contribution < 1.29 is 14.6 Å². The zero-order chi connectivity index (χ0) is 16.4. The van der Waals surface area contributed by atoms with Gasteiger partial charge in [0.15, 0.2) is 0 Å². The van der Waals surface area contributed by atoms with Gasteiger partial charge >= 0.3 is 0 Å². The average Bonchev–Trinajstić information content (AvgIpc) is 3.04. The maximum atomic E-state index is 12.4. The van der Waals surface area contributed by atoms with Crippen molar-refractivity contribution >= 4 is 11.7 Å². The first-order chi connectivity index (χ1) is 11.1. The first-order valence-corrected chi connectivity index (χ1v) is 7.54. The summed E-state index contributed by atoms with van der Waals surface area (Å²) in [6.07, 6.45) is 6.53. The van der Waals surface area contributed by atoms with E-state index in [2.05, 4.69) is 20.2 Å². The van der Waals surface area contributed by atoms with Crippen LogP contribution >= 0.6 is 0 Å². The van der Waals surface area contributed by atoms with Crippen molar-refractivity contribution in [1.82, 2.24) is 24.6 Å². The molecule has 2 N–H and O–H groups in total. The van der Waals surface area contributed by atoms with Gasteiger partial charge in [0.05, 0.1) is 30.9 Å². The van der Waals surface area contributed by atoms with Gasteiger partial charge in [-0.1, -0.05) is 0 Å². The molecule has 0 spiro atoms. The molecule has 1 amide bonds. The lowest BCUT2D eigenvalue weighted by Crippen LogP contribution is -2.65. The number of nitrogens with one attached hydrogen (secondary N) is 1. The van der Waals surface area contributed by atoms with Crippen LogP contribution < -0.4 is 5.32 Å². The van der Waals surface area contributed by atoms with Crippen molar-refractivity contribution in [2.45, 2.75) is 18.5 Å². The number of carbonyl (C=O) groups is 1. The van der Waals surface area contributed by atoms with Crippen molar-refractivity contribution in [3.05, 3.63) is 30.4 Å². The SMILES string of the molecule is C[C@@H]1COC[C@@](CO)(CNC(=O)c2cnc3nccn3c2)N1C. The van der Waals surface area contributed by atoms with Crippen molar-refractivity contribution in [3.63, 3.8) is 0 Å². The minimum atomic E-state index is -0.611. The number of hydrogen-bond acceptors (Lipinski definition) is 6. The van der Waals surface area contributed by atoms with Crippen LogP contribution in [0.2, 0.25) is 0 Å². The molecule has 0 radical (unpaired) electrons. The van der Waals surface area contributed by atoms with Gasteiger partial charge in [-0.2, -0.15) is 0 Å². The normalized spacial score (nSPS) is 25.6. The molecule has 0 saturated carbocycles. The molecular weight excluding hydrogens is 298 g/mol. The fraction of sp³-hybridized carbons (Fsp3) is 0.533. The Kier molecular flexibility index (Phi) is 4.29. The number of imidazole rings is 1. The monoisotopic (exact) mass is 319 g/mol. The first-order valence-electron chi connectivity index (χ1n) is 7.54. The van der Waals surface area contributed by atoms with E-state index in [1.165, 1.54) is 6.20 Å². The maximum absolute atomic E-state index is 12.4. The Hall–Kier alpha value is -2.03. The fourth-order valence-electron chi connectivity index (χ4n) is 2.77. The van der Waals surface area contributed by atoms with E-state index < -0.39 is 5.54 Å². The highest BCUT2D eigenvalue weighted by molar-refractivity contribution is 5.93. The fourth-order valence-corrected chi connectivity index (χ4v) is 2.77. The first kappa shape index (κ1) is 15.9. The van der Waals surface area contributed by atoms with Gasteiger partial charge < -0.3 is 15.2 Å². The molecule has 8 nitrogen and oxygen atoms in total. The van der Waals surface area contributed by atoms with Gasteiger partial charge in [-0.3, -0.25) is 14.1 Å². The molecule has 0 unspecified atom stereocenters. The van der Waals surface area contributed by atoms with Crippen LogP contribution in [0, 0.1) is 0 Å². The van der Waals surface area contributed by atoms with Crippen molar-refractivity contribution in [3.8, 4) is 0 Å². The molecule has 0 bridgehead atoms. The molecule has 1 aliphatic rings. The number of ether oxygens (including phenoxy) is 1. The van der Waals surface area contributed by atoms with Gasteiger partial charge in [-0.15, -0.1) is 0 Å². The number of aromatic nitrogens is 3. The molecule has 1 saturated heterocycles. The molecule has 8 heteroatoms. The van der Waals surface area contributed by atoms with Crippen LogP contribution in [-0.4, -0.2) is 75.3 Å². The lowest BCUT2D eigenvalue weighted by molar-refractivity contribution is -0.105. The maximum Gasteiger partial charge on any atom is 0.254 e. The van der Waals surface area contributed by atoms with E-state index in [1.54, 1.807) is 23.0 Å². The number of amides is 1.